The van der Waals surface area contributed by atoms with Crippen molar-refractivity contribution in [2.24, 2.45) is 5.73 Å². The van der Waals surface area contributed by atoms with Gasteiger partial charge in [0.15, 0.2) is 0 Å². The lowest BCUT2D eigenvalue weighted by Crippen LogP contribution is -2.34. The smallest absolute Gasteiger partial charge is 0.276 e. The van der Waals surface area contributed by atoms with Crippen molar-refractivity contribution in [3.8, 4) is 0 Å². The fourth-order valence-corrected chi connectivity index (χ4v) is 6.54. The predicted molar refractivity (Wildman–Crippen MR) is 206 cm³/mol. The summed E-state index contributed by atoms with van der Waals surface area (Å²) in [6.07, 6.45) is 1.26. The highest BCUT2D eigenvalue weighted by Crippen LogP contribution is 2.30. The van der Waals surface area contributed by atoms with Crippen LogP contribution in [0.15, 0.2) is 48.5 Å². The number of anilines is 3. The van der Waals surface area contributed by atoms with Crippen molar-refractivity contribution >= 4 is 63.3 Å². The van der Waals surface area contributed by atoms with Gasteiger partial charge >= 0.3 is 0 Å². The molecular formula is C37H45N13O4. The summed E-state index contributed by atoms with van der Waals surface area (Å²) in [4.78, 5) is 63.0. The van der Waals surface area contributed by atoms with Crippen LogP contribution >= 0.6 is 0 Å². The lowest BCUT2D eigenvalue weighted by atomic mass is 10.2. The van der Waals surface area contributed by atoms with Gasteiger partial charge in [0.05, 0.1) is 40.2 Å². The molecule has 4 aromatic heterocycles. The molecule has 0 aliphatic carbocycles. The van der Waals surface area contributed by atoms with Gasteiger partial charge in [0.1, 0.15) is 16.9 Å². The summed E-state index contributed by atoms with van der Waals surface area (Å²) in [7, 11) is 3.41. The molecule has 17 nitrogen and oxygen atoms in total. The first-order valence-electron chi connectivity index (χ1n) is 17.9. The van der Waals surface area contributed by atoms with Gasteiger partial charge in [-0.25, -0.2) is 9.97 Å². The molecule has 0 bridgehead atoms. The molecule has 5 N–H and O–H groups in total. The molecule has 0 aliphatic rings. The lowest BCUT2D eigenvalue weighted by Gasteiger charge is -2.17. The van der Waals surface area contributed by atoms with Crippen LogP contribution in [0, 0.1) is 13.8 Å². The number of imidazole rings is 2. The molecule has 0 aliphatic heterocycles. The van der Waals surface area contributed by atoms with Gasteiger partial charge in [-0.1, -0.05) is 6.07 Å². The van der Waals surface area contributed by atoms with Crippen LogP contribution < -0.4 is 26.6 Å². The fourth-order valence-electron chi connectivity index (χ4n) is 6.54. The van der Waals surface area contributed by atoms with E-state index < -0.39 is 5.91 Å². The number of benzene rings is 2. The summed E-state index contributed by atoms with van der Waals surface area (Å²) in [5.41, 5.74) is 11.3. The van der Waals surface area contributed by atoms with E-state index in [0.29, 0.717) is 84.6 Å². The highest BCUT2D eigenvalue weighted by atomic mass is 16.2. The zero-order valence-electron chi connectivity index (χ0n) is 31.3. The topological polar surface area (TPSA) is 205 Å². The van der Waals surface area contributed by atoms with Crippen LogP contribution in [0.4, 0.5) is 17.6 Å². The highest BCUT2D eigenvalue weighted by molar-refractivity contribution is 6.06. The number of amides is 4. The Bertz CT molecular complexity index is 2380. The average molecular weight is 736 g/mol. The first-order valence-corrected chi connectivity index (χ1v) is 17.9. The number of carbonyl (C=O) groups excluding carboxylic acids is 4. The molecule has 0 saturated carbocycles. The fraction of sp³-hybridized carbons (Fsp3) is 0.351. The summed E-state index contributed by atoms with van der Waals surface area (Å²) in [5, 5.41) is 17.7. The molecule has 0 unspecified atom stereocenters. The Balaban J connectivity index is 1.30. The first kappa shape index (κ1) is 37.4. The number of unbranched alkanes of at least 4 members (excludes halogenated alkanes) is 1. The van der Waals surface area contributed by atoms with E-state index in [1.807, 2.05) is 55.0 Å². The number of aryl methyl sites for hydroxylation is 6. The number of nitrogens with zero attached hydrogens (tertiary/aromatic N) is 9. The minimum Gasteiger partial charge on any atom is -0.366 e. The van der Waals surface area contributed by atoms with Gasteiger partial charge in [-0.2, -0.15) is 10.2 Å². The van der Waals surface area contributed by atoms with E-state index >= 15 is 0 Å². The molecule has 0 saturated heterocycles. The molecule has 0 radical (unpaired) electrons. The number of fused-ring (bicyclic) bond motifs is 2. The van der Waals surface area contributed by atoms with Crippen molar-refractivity contribution < 1.29 is 19.2 Å². The zero-order valence-corrected chi connectivity index (χ0v) is 31.3. The molecule has 2 aromatic carbocycles. The Morgan fingerprint density at radius 2 is 1.35 bits per heavy atom. The number of likely N-dealkylation sites (N-methyl/N-ethyl adjacent to an activating group) is 2. The summed E-state index contributed by atoms with van der Waals surface area (Å²) in [6.45, 7) is 9.60. The second-order valence-electron chi connectivity index (χ2n) is 13.0. The molecule has 6 rings (SSSR count). The third kappa shape index (κ3) is 7.43. The molecule has 17 heteroatoms. The maximum absolute atomic E-state index is 13.6. The average Bonchev–Trinajstić information content (AvgIpc) is 3.91. The molecular weight excluding hydrogens is 690 g/mol. The van der Waals surface area contributed by atoms with E-state index in [1.165, 1.54) is 0 Å². The number of nitrogens with one attached hydrogen (secondary N) is 3. The van der Waals surface area contributed by atoms with E-state index in [0.717, 1.165) is 22.4 Å². The number of hydrogen-bond donors (Lipinski definition) is 4. The lowest BCUT2D eigenvalue weighted by molar-refractivity contribution is -0.117. The number of aromatic nitrogens is 8. The Labute approximate surface area is 311 Å². The number of hydrogen-bond acceptors (Lipinski definition) is 9. The van der Waals surface area contributed by atoms with E-state index in [4.69, 9.17) is 10.7 Å². The van der Waals surface area contributed by atoms with Crippen LogP contribution in [0.1, 0.15) is 69.4 Å². The third-order valence-corrected chi connectivity index (χ3v) is 9.19. The van der Waals surface area contributed by atoms with Gasteiger partial charge < -0.3 is 25.1 Å². The maximum atomic E-state index is 13.6. The van der Waals surface area contributed by atoms with E-state index in [9.17, 15) is 19.2 Å². The highest BCUT2D eigenvalue weighted by Gasteiger charge is 2.23. The van der Waals surface area contributed by atoms with Gasteiger partial charge in [-0.15, -0.1) is 0 Å². The summed E-state index contributed by atoms with van der Waals surface area (Å²) >= 11 is 0. The number of nitrogens with two attached hydrogens (primary N) is 1. The van der Waals surface area contributed by atoms with Crippen LogP contribution in [0.5, 0.6) is 0 Å². The third-order valence-electron chi connectivity index (χ3n) is 9.19. The van der Waals surface area contributed by atoms with Gasteiger partial charge in [-0.05, 0) is 90.0 Å². The predicted octanol–water partition coefficient (Wildman–Crippen LogP) is 3.70. The molecule has 6 aromatic rings. The van der Waals surface area contributed by atoms with Crippen molar-refractivity contribution in [2.45, 2.75) is 66.7 Å². The van der Waals surface area contributed by atoms with E-state index in [1.54, 1.807) is 58.7 Å². The Morgan fingerprint density at radius 3 is 1.91 bits per heavy atom. The van der Waals surface area contributed by atoms with Crippen molar-refractivity contribution in [1.29, 1.82) is 0 Å². The largest absolute Gasteiger partial charge is 0.366 e. The van der Waals surface area contributed by atoms with Gasteiger partial charge in [0.2, 0.25) is 23.7 Å². The van der Waals surface area contributed by atoms with Gasteiger partial charge in [0, 0.05) is 38.8 Å². The van der Waals surface area contributed by atoms with Gasteiger partial charge in [0.25, 0.3) is 11.8 Å². The van der Waals surface area contributed by atoms with Crippen molar-refractivity contribution in [3.05, 3.63) is 76.9 Å². The molecule has 0 spiro atoms. The second kappa shape index (κ2) is 15.7. The molecule has 4 amide bonds. The van der Waals surface area contributed by atoms with E-state index in [-0.39, 0.29) is 24.3 Å². The van der Waals surface area contributed by atoms with Crippen molar-refractivity contribution in [3.63, 3.8) is 0 Å². The SMILES string of the molecule is CCn1nc(C)cc1C(=O)Nc1nc2cc(C(N)=O)ccc2n1CCCCn1c(NC(=O)c2cc(C)nn2CC)nc2c(N(C)C(=O)CNC)cccc21. The Hall–Kier alpha value is -6.36. The molecule has 54 heavy (non-hydrogen) atoms. The minimum absolute atomic E-state index is 0.139. The molecule has 4 heterocycles. The second-order valence-corrected chi connectivity index (χ2v) is 13.0. The summed E-state index contributed by atoms with van der Waals surface area (Å²) < 4.78 is 7.12. The number of rotatable bonds is 15. The first-order chi connectivity index (χ1) is 25.9. The van der Waals surface area contributed by atoms with Crippen molar-refractivity contribution in [1.82, 2.24) is 44.0 Å². The summed E-state index contributed by atoms with van der Waals surface area (Å²) in [6, 6.07) is 14.1. The van der Waals surface area contributed by atoms with Crippen molar-refractivity contribution in [2.75, 3.05) is 36.2 Å². The zero-order chi connectivity index (χ0) is 38.7. The number of primary amides is 1. The normalized spacial score (nSPS) is 11.4. The van der Waals surface area contributed by atoms with Crippen LogP contribution in [-0.2, 0) is 31.0 Å². The monoisotopic (exact) mass is 735 g/mol. The standard InChI is InChI=1S/C37H45N13O4/c1-7-49-29(18-22(3)44-49)34(53)42-36-40-25-20-24(33(38)52)14-15-26(25)47(36)16-9-10-17-48-28-13-11-12-27(46(6)31(51)21-39-5)32(28)41-37(48)43-35(54)30-19-23(4)45-50(30)8-2/h11-15,18-20,39H,7-10,16-17,21H2,1-6H3,(H2,38,52)(H,40,42,53)(H,41,43,54). The van der Waals surface area contributed by atoms with Crippen LogP contribution in [-0.4, -0.2) is 82.9 Å². The van der Waals surface area contributed by atoms with E-state index in [2.05, 4.69) is 31.1 Å². The van der Waals surface area contributed by atoms with Crippen LogP contribution in [0.2, 0.25) is 0 Å². The number of carbonyl (C=O) groups is 4. The molecule has 0 fully saturated rings. The summed E-state index contributed by atoms with van der Waals surface area (Å²) in [5.74, 6) is -0.773. The van der Waals surface area contributed by atoms with Crippen LogP contribution in [0.25, 0.3) is 22.1 Å². The Morgan fingerprint density at radius 1 is 0.778 bits per heavy atom. The molecule has 282 valence electrons. The number of para-hydroxylation sites is 1. The van der Waals surface area contributed by atoms with Gasteiger partial charge in [-0.3, -0.25) is 39.2 Å². The minimum atomic E-state index is -0.579. The van der Waals surface area contributed by atoms with Crippen LogP contribution in [0.3, 0.4) is 0 Å². The quantitative estimate of drug-likeness (QED) is 0.113. The molecule has 0 atom stereocenters. The maximum Gasteiger partial charge on any atom is 0.276 e. The Kier molecular flexibility index (Phi) is 10.9.